The number of carbonyl (C=O) groups excluding carboxylic acids is 2. The number of hydrogen-bond donors (Lipinski definition) is 0. The quantitative estimate of drug-likeness (QED) is 0.405. The van der Waals surface area contributed by atoms with Crippen molar-refractivity contribution in [2.24, 2.45) is 5.41 Å². The first kappa shape index (κ1) is 11.7. The normalized spacial score (nSPS) is 26.7. The summed E-state index contributed by atoms with van der Waals surface area (Å²) in [6.07, 6.45) is 8.95. The standard InChI is InChI=1S/C12H16O3/c1-12(8-6-10(13)9-12)7-4-3-5-11(14)15-2/h3-5,7H,6,8-9H2,1-2H3/b5-3-,7-4+. The monoisotopic (exact) mass is 208 g/mol. The molecule has 3 heteroatoms. The highest BCUT2D eigenvalue weighted by atomic mass is 16.5. The number of methoxy groups -OCH3 is 1. The summed E-state index contributed by atoms with van der Waals surface area (Å²) in [5, 5.41) is 0. The van der Waals surface area contributed by atoms with E-state index >= 15 is 0 Å². The number of esters is 1. The Bertz CT molecular complexity index is 315. The van der Waals surface area contributed by atoms with Gasteiger partial charge in [-0.05, 0) is 11.8 Å². The number of allylic oxidation sites excluding steroid dienone is 3. The number of hydrogen-bond acceptors (Lipinski definition) is 3. The van der Waals surface area contributed by atoms with Gasteiger partial charge in [0, 0.05) is 18.9 Å². The van der Waals surface area contributed by atoms with Crippen LogP contribution < -0.4 is 0 Å². The van der Waals surface area contributed by atoms with Gasteiger partial charge >= 0.3 is 5.97 Å². The summed E-state index contributed by atoms with van der Waals surface area (Å²) in [5.74, 6) is -0.0496. The van der Waals surface area contributed by atoms with E-state index in [0.29, 0.717) is 18.6 Å². The highest BCUT2D eigenvalue weighted by Gasteiger charge is 2.30. The van der Waals surface area contributed by atoms with Crippen LogP contribution in [0.3, 0.4) is 0 Å². The summed E-state index contributed by atoms with van der Waals surface area (Å²) in [6, 6.07) is 0. The number of Topliss-reactive ketones (excluding diaryl/α,β-unsaturated/α-hetero) is 1. The van der Waals surface area contributed by atoms with Crippen molar-refractivity contribution < 1.29 is 14.3 Å². The fourth-order valence-electron chi connectivity index (χ4n) is 1.68. The molecular formula is C12H16O3. The van der Waals surface area contributed by atoms with Gasteiger partial charge in [-0.25, -0.2) is 4.79 Å². The van der Waals surface area contributed by atoms with Crippen molar-refractivity contribution in [3.63, 3.8) is 0 Å². The molecule has 0 N–H and O–H groups in total. The molecule has 1 atom stereocenters. The minimum absolute atomic E-state index is 0.0302. The number of rotatable bonds is 3. The number of ketones is 1. The molecule has 0 spiro atoms. The van der Waals surface area contributed by atoms with Gasteiger partial charge in [-0.15, -0.1) is 0 Å². The van der Waals surface area contributed by atoms with Crippen molar-refractivity contribution in [3.05, 3.63) is 24.3 Å². The van der Waals surface area contributed by atoms with E-state index in [0.717, 1.165) is 6.42 Å². The van der Waals surface area contributed by atoms with Crippen molar-refractivity contribution >= 4 is 11.8 Å². The van der Waals surface area contributed by atoms with Gasteiger partial charge in [-0.2, -0.15) is 0 Å². The van der Waals surface area contributed by atoms with E-state index < -0.39 is 0 Å². The lowest BCUT2D eigenvalue weighted by Crippen LogP contribution is -2.07. The lowest BCUT2D eigenvalue weighted by Gasteiger charge is -2.15. The van der Waals surface area contributed by atoms with Crippen molar-refractivity contribution in [2.75, 3.05) is 7.11 Å². The predicted molar refractivity (Wildman–Crippen MR) is 57.3 cm³/mol. The maximum Gasteiger partial charge on any atom is 0.330 e. The first-order valence-corrected chi connectivity index (χ1v) is 5.01. The Morgan fingerprint density at radius 3 is 2.73 bits per heavy atom. The molecule has 0 aromatic carbocycles. The van der Waals surface area contributed by atoms with Crippen LogP contribution in [0.1, 0.15) is 26.2 Å². The molecule has 1 aliphatic carbocycles. The van der Waals surface area contributed by atoms with Crippen LogP contribution in [-0.2, 0) is 14.3 Å². The summed E-state index contributed by atoms with van der Waals surface area (Å²) in [7, 11) is 1.34. The number of carbonyl (C=O) groups is 2. The second-order valence-electron chi connectivity index (χ2n) is 4.11. The third-order valence-electron chi connectivity index (χ3n) is 2.62. The summed E-state index contributed by atoms with van der Waals surface area (Å²) in [6.45, 7) is 2.06. The molecule has 15 heavy (non-hydrogen) atoms. The zero-order valence-corrected chi connectivity index (χ0v) is 9.16. The summed E-state index contributed by atoms with van der Waals surface area (Å²) < 4.78 is 4.45. The van der Waals surface area contributed by atoms with Gasteiger partial charge in [-0.1, -0.05) is 25.2 Å². The lowest BCUT2D eigenvalue weighted by atomic mass is 9.88. The summed E-state index contributed by atoms with van der Waals surface area (Å²) >= 11 is 0. The molecule has 0 heterocycles. The number of ether oxygens (including phenoxy) is 1. The van der Waals surface area contributed by atoms with Crippen molar-refractivity contribution in [2.45, 2.75) is 26.2 Å². The zero-order chi connectivity index (χ0) is 11.3. The van der Waals surface area contributed by atoms with Gasteiger partial charge < -0.3 is 4.74 Å². The molecule has 1 aliphatic rings. The molecule has 0 saturated heterocycles. The molecule has 0 aromatic heterocycles. The van der Waals surface area contributed by atoms with Crippen molar-refractivity contribution in [1.82, 2.24) is 0 Å². The first-order chi connectivity index (χ1) is 7.06. The maximum atomic E-state index is 11.1. The fourth-order valence-corrected chi connectivity index (χ4v) is 1.68. The van der Waals surface area contributed by atoms with Gasteiger partial charge in [0.05, 0.1) is 7.11 Å². The highest BCUT2D eigenvalue weighted by molar-refractivity contribution is 5.82. The molecule has 1 saturated carbocycles. The van der Waals surface area contributed by atoms with Gasteiger partial charge in [0.1, 0.15) is 5.78 Å². The highest BCUT2D eigenvalue weighted by Crippen LogP contribution is 2.36. The van der Waals surface area contributed by atoms with Gasteiger partial charge in [0.25, 0.3) is 0 Å². The van der Waals surface area contributed by atoms with Gasteiger partial charge in [0.15, 0.2) is 0 Å². The van der Waals surface area contributed by atoms with E-state index in [-0.39, 0.29) is 11.4 Å². The smallest absolute Gasteiger partial charge is 0.330 e. The van der Waals surface area contributed by atoms with Crippen LogP contribution in [0.5, 0.6) is 0 Å². The average Bonchev–Trinajstić information content (AvgIpc) is 2.54. The second-order valence-corrected chi connectivity index (χ2v) is 4.11. The molecule has 82 valence electrons. The molecule has 0 aliphatic heterocycles. The largest absolute Gasteiger partial charge is 0.466 e. The Hall–Kier alpha value is -1.38. The van der Waals surface area contributed by atoms with E-state index in [9.17, 15) is 9.59 Å². The van der Waals surface area contributed by atoms with E-state index in [2.05, 4.69) is 11.7 Å². The van der Waals surface area contributed by atoms with E-state index in [1.165, 1.54) is 13.2 Å². The Labute approximate surface area is 89.8 Å². The third-order valence-corrected chi connectivity index (χ3v) is 2.62. The Balaban J connectivity index is 2.47. The fraction of sp³-hybridized carbons (Fsp3) is 0.500. The Morgan fingerprint density at radius 1 is 1.47 bits per heavy atom. The van der Waals surface area contributed by atoms with Crippen LogP contribution in [-0.4, -0.2) is 18.9 Å². The summed E-state index contributed by atoms with van der Waals surface area (Å²) in [5.41, 5.74) is -0.0302. The van der Waals surface area contributed by atoms with Gasteiger partial charge in [0.2, 0.25) is 0 Å². The lowest BCUT2D eigenvalue weighted by molar-refractivity contribution is -0.134. The van der Waals surface area contributed by atoms with Crippen LogP contribution in [0.2, 0.25) is 0 Å². The molecule has 1 fully saturated rings. The minimum atomic E-state index is -0.368. The van der Waals surface area contributed by atoms with Crippen LogP contribution >= 0.6 is 0 Å². The van der Waals surface area contributed by atoms with E-state index in [1.54, 1.807) is 12.2 Å². The van der Waals surface area contributed by atoms with Gasteiger partial charge in [-0.3, -0.25) is 4.79 Å². The van der Waals surface area contributed by atoms with Crippen molar-refractivity contribution in [1.29, 1.82) is 0 Å². The molecular weight excluding hydrogens is 192 g/mol. The van der Waals surface area contributed by atoms with Crippen LogP contribution in [0.25, 0.3) is 0 Å². The predicted octanol–water partition coefficient (Wildman–Crippen LogP) is 2.03. The maximum absolute atomic E-state index is 11.1. The van der Waals surface area contributed by atoms with Crippen LogP contribution in [0.4, 0.5) is 0 Å². The first-order valence-electron chi connectivity index (χ1n) is 5.01. The molecule has 3 nitrogen and oxygen atoms in total. The summed E-state index contributed by atoms with van der Waals surface area (Å²) in [4.78, 5) is 21.9. The molecule has 0 aromatic rings. The second kappa shape index (κ2) is 4.91. The molecule has 0 amide bonds. The SMILES string of the molecule is COC(=O)/C=C\C=C\C1(C)CCC(=O)C1. The molecule has 0 radical (unpaired) electrons. The molecule has 0 bridgehead atoms. The van der Waals surface area contributed by atoms with Crippen LogP contribution in [0, 0.1) is 5.41 Å². The topological polar surface area (TPSA) is 43.4 Å². The van der Waals surface area contributed by atoms with E-state index in [4.69, 9.17) is 0 Å². The molecule has 1 unspecified atom stereocenters. The Morgan fingerprint density at radius 2 is 2.20 bits per heavy atom. The van der Waals surface area contributed by atoms with E-state index in [1.807, 2.05) is 6.08 Å². The Kier molecular flexibility index (Phi) is 3.83. The third kappa shape index (κ3) is 3.70. The molecule has 1 rings (SSSR count). The average molecular weight is 208 g/mol. The van der Waals surface area contributed by atoms with Crippen molar-refractivity contribution in [3.8, 4) is 0 Å². The van der Waals surface area contributed by atoms with Crippen LogP contribution in [0.15, 0.2) is 24.3 Å². The zero-order valence-electron chi connectivity index (χ0n) is 9.16. The minimum Gasteiger partial charge on any atom is -0.466 e.